The molecule has 0 saturated carbocycles. The summed E-state index contributed by atoms with van der Waals surface area (Å²) in [6.45, 7) is 5.53. The van der Waals surface area contributed by atoms with Crippen molar-refractivity contribution in [1.82, 2.24) is 5.32 Å². The Kier molecular flexibility index (Phi) is 7.98. The quantitative estimate of drug-likeness (QED) is 0.494. The van der Waals surface area contributed by atoms with Gasteiger partial charge in [-0.15, -0.1) is 0 Å². The van der Waals surface area contributed by atoms with E-state index in [9.17, 15) is 9.59 Å². The molecule has 0 heterocycles. The molecule has 0 aliphatic carbocycles. The number of hydrogen-bond donors (Lipinski definition) is 4. The van der Waals surface area contributed by atoms with E-state index in [2.05, 4.69) is 11.1 Å². The largest absolute Gasteiger partial charge is 0.480 e. The number of nitrogens with two attached hydrogens (primary N) is 1. The van der Waals surface area contributed by atoms with Crippen LogP contribution in [0.1, 0.15) is 20.8 Å². The van der Waals surface area contributed by atoms with E-state index in [0.29, 0.717) is 0 Å². The summed E-state index contributed by atoms with van der Waals surface area (Å²) in [4.78, 5) is 19.2. The van der Waals surface area contributed by atoms with E-state index in [4.69, 9.17) is 10.2 Å². The van der Waals surface area contributed by atoms with E-state index in [1.165, 1.54) is 0 Å². The van der Waals surface area contributed by atoms with Crippen LogP contribution in [-0.4, -0.2) is 40.8 Å². The molecular weight excluding hydrogens is 188 g/mol. The average Bonchev–Trinajstić information content (AvgIpc) is 2.01. The van der Waals surface area contributed by atoms with Gasteiger partial charge in [-0.1, -0.05) is 0 Å². The second kappa shape index (κ2) is 7.28. The summed E-state index contributed by atoms with van der Waals surface area (Å²) in [6.07, 6.45) is 0. The number of hydrogen-bond acceptors (Lipinski definition) is 4. The predicted octanol–water partition coefficient (Wildman–Crippen LogP) is -0.511. The Morgan fingerprint density at radius 3 is 1.64 bits per heavy atom. The lowest BCUT2D eigenvalue weighted by atomic mass is 10.1. The number of carboxylic acid groups (broad SMARTS) is 2. The van der Waals surface area contributed by atoms with Crippen molar-refractivity contribution in [3.8, 4) is 0 Å². The summed E-state index contributed by atoms with van der Waals surface area (Å²) in [6, 6.07) is 0. The van der Waals surface area contributed by atoms with Crippen LogP contribution in [0, 0.1) is 0 Å². The topological polar surface area (TPSA) is 113 Å². The summed E-state index contributed by atoms with van der Waals surface area (Å²) < 4.78 is 0. The van der Waals surface area contributed by atoms with Gasteiger partial charge in [0.2, 0.25) is 0 Å². The van der Waals surface area contributed by atoms with Gasteiger partial charge in [-0.2, -0.15) is 0 Å². The molecule has 14 heavy (non-hydrogen) atoms. The zero-order valence-electron chi connectivity index (χ0n) is 8.70. The minimum absolute atomic E-state index is 0.0312. The van der Waals surface area contributed by atoms with E-state index in [1.807, 2.05) is 20.8 Å². The molecule has 0 atom stereocenters. The van der Waals surface area contributed by atoms with E-state index in [0.717, 1.165) is 0 Å². The third-order valence-electron chi connectivity index (χ3n) is 0.945. The van der Waals surface area contributed by atoms with Gasteiger partial charge in [0.25, 0.3) is 0 Å². The fraction of sp³-hybridized carbons (Fsp3) is 0.750. The molecule has 0 aromatic heterocycles. The van der Waals surface area contributed by atoms with Crippen LogP contribution in [0.25, 0.3) is 0 Å². The highest BCUT2D eigenvalue weighted by Gasteiger charge is 2.09. The molecule has 0 aliphatic heterocycles. The van der Waals surface area contributed by atoms with Crippen molar-refractivity contribution in [3.05, 3.63) is 0 Å². The van der Waals surface area contributed by atoms with Crippen LogP contribution in [0.4, 0.5) is 0 Å². The van der Waals surface area contributed by atoms with E-state index in [-0.39, 0.29) is 18.6 Å². The summed E-state index contributed by atoms with van der Waals surface area (Å²) in [5, 5.41) is 18.6. The molecule has 0 aromatic rings. The molecule has 0 spiro atoms. The number of rotatable bonds is 3. The second-order valence-corrected chi connectivity index (χ2v) is 3.60. The monoisotopic (exact) mass is 206 g/mol. The smallest absolute Gasteiger partial charge is 0.317 e. The first-order chi connectivity index (χ1) is 6.19. The van der Waals surface area contributed by atoms with Crippen molar-refractivity contribution in [3.63, 3.8) is 0 Å². The van der Waals surface area contributed by atoms with Crippen molar-refractivity contribution in [1.29, 1.82) is 0 Å². The fourth-order valence-corrected chi connectivity index (χ4v) is 0.341. The fourth-order valence-electron chi connectivity index (χ4n) is 0.341. The van der Waals surface area contributed by atoms with Gasteiger partial charge in [0.15, 0.2) is 0 Å². The molecule has 6 heteroatoms. The Labute approximate surface area is 83.1 Å². The predicted molar refractivity (Wildman–Crippen MR) is 52.1 cm³/mol. The van der Waals surface area contributed by atoms with Gasteiger partial charge in [0.05, 0.1) is 13.1 Å². The van der Waals surface area contributed by atoms with Gasteiger partial charge < -0.3 is 21.3 Å². The number of carboxylic acids is 2. The molecule has 5 N–H and O–H groups in total. The van der Waals surface area contributed by atoms with Crippen LogP contribution in [0.3, 0.4) is 0 Å². The molecule has 6 nitrogen and oxygen atoms in total. The third-order valence-corrected chi connectivity index (χ3v) is 0.945. The lowest BCUT2D eigenvalue weighted by Crippen LogP contribution is -2.39. The van der Waals surface area contributed by atoms with E-state index < -0.39 is 11.9 Å². The molecule has 0 rings (SSSR count). The zero-order valence-corrected chi connectivity index (χ0v) is 8.70. The van der Waals surface area contributed by atoms with Crippen LogP contribution < -0.4 is 11.1 Å². The normalized spacial score (nSPS) is 10.0. The highest BCUT2D eigenvalue weighted by Crippen LogP contribution is 1.96. The van der Waals surface area contributed by atoms with Crippen LogP contribution in [-0.2, 0) is 9.59 Å². The summed E-state index contributed by atoms with van der Waals surface area (Å²) in [5.41, 5.74) is 4.47. The van der Waals surface area contributed by atoms with Crippen molar-refractivity contribution in [2.24, 2.45) is 5.73 Å². The molecule has 0 radical (unpaired) electrons. The summed E-state index contributed by atoms with van der Waals surface area (Å²) in [7, 11) is 0. The minimum atomic E-state index is -0.968. The van der Waals surface area contributed by atoms with Crippen molar-refractivity contribution in [2.75, 3.05) is 13.1 Å². The van der Waals surface area contributed by atoms with Crippen LogP contribution >= 0.6 is 0 Å². The number of aliphatic carboxylic acids is 2. The number of carbonyl (C=O) groups is 2. The standard InChI is InChI=1S/C6H13NO2.C2H5NO2/c1-6(2,3)7-4-5(8)9;3-1-2(4)5/h7H,4H2,1-3H3,(H,8,9);1,3H2,(H,4,5). The molecule has 0 aliphatic rings. The summed E-state index contributed by atoms with van der Waals surface area (Å²) >= 11 is 0. The molecule has 0 aromatic carbocycles. The third kappa shape index (κ3) is 22.4. The maximum absolute atomic E-state index is 9.98. The van der Waals surface area contributed by atoms with Crippen LogP contribution in [0.2, 0.25) is 0 Å². The Bertz CT molecular complexity index is 186. The van der Waals surface area contributed by atoms with Gasteiger partial charge in [0.1, 0.15) is 0 Å². The highest BCUT2D eigenvalue weighted by molar-refractivity contribution is 5.69. The molecule has 0 amide bonds. The zero-order chi connectivity index (χ0) is 11.8. The first-order valence-corrected chi connectivity index (χ1v) is 4.07. The maximum Gasteiger partial charge on any atom is 0.317 e. The van der Waals surface area contributed by atoms with Gasteiger partial charge in [-0.25, -0.2) is 0 Å². The first-order valence-electron chi connectivity index (χ1n) is 4.07. The van der Waals surface area contributed by atoms with Gasteiger partial charge in [-0.3, -0.25) is 9.59 Å². The molecule has 0 bridgehead atoms. The maximum atomic E-state index is 9.98. The lowest BCUT2D eigenvalue weighted by Gasteiger charge is -2.18. The van der Waals surface area contributed by atoms with Crippen molar-refractivity contribution >= 4 is 11.9 Å². The van der Waals surface area contributed by atoms with Crippen molar-refractivity contribution < 1.29 is 19.8 Å². The molecule has 84 valence electrons. The van der Waals surface area contributed by atoms with E-state index >= 15 is 0 Å². The summed E-state index contributed by atoms with van der Waals surface area (Å²) in [5.74, 6) is -1.78. The average molecular weight is 206 g/mol. The van der Waals surface area contributed by atoms with Gasteiger partial charge in [-0.05, 0) is 20.8 Å². The molecule has 0 fully saturated rings. The highest BCUT2D eigenvalue weighted by atomic mass is 16.4. The molecule has 0 unspecified atom stereocenters. The van der Waals surface area contributed by atoms with Crippen molar-refractivity contribution in [2.45, 2.75) is 26.3 Å². The Hall–Kier alpha value is -1.14. The minimum Gasteiger partial charge on any atom is -0.480 e. The SMILES string of the molecule is CC(C)(C)NCC(=O)O.NCC(=O)O. The molecule has 0 saturated heterocycles. The lowest BCUT2D eigenvalue weighted by molar-refractivity contribution is -0.136. The second-order valence-electron chi connectivity index (χ2n) is 3.60. The van der Waals surface area contributed by atoms with Crippen LogP contribution in [0.15, 0.2) is 0 Å². The Morgan fingerprint density at radius 2 is 1.57 bits per heavy atom. The van der Waals surface area contributed by atoms with Gasteiger partial charge in [0, 0.05) is 5.54 Å². The van der Waals surface area contributed by atoms with Crippen LogP contribution in [0.5, 0.6) is 0 Å². The Morgan fingerprint density at radius 1 is 1.21 bits per heavy atom. The van der Waals surface area contributed by atoms with Gasteiger partial charge >= 0.3 is 11.9 Å². The van der Waals surface area contributed by atoms with E-state index in [1.54, 1.807) is 0 Å². The molecular formula is C8H18N2O4. The first kappa shape index (κ1) is 15.3. The Balaban J connectivity index is 0. The number of nitrogens with one attached hydrogen (secondary N) is 1.